The Kier molecular flexibility index (Phi) is 5.60. The van der Waals surface area contributed by atoms with Crippen LogP contribution >= 0.6 is 0 Å². The first-order valence-electron chi connectivity index (χ1n) is 10.5. The third kappa shape index (κ3) is 3.96. The van der Waals surface area contributed by atoms with E-state index in [9.17, 15) is 9.59 Å². The molecule has 2 aliphatic heterocycles. The molecule has 0 radical (unpaired) electrons. The molecule has 30 heavy (non-hydrogen) atoms. The summed E-state index contributed by atoms with van der Waals surface area (Å²) in [4.78, 5) is 32.3. The van der Waals surface area contributed by atoms with Crippen molar-refractivity contribution in [3.63, 3.8) is 0 Å². The third-order valence-corrected chi connectivity index (χ3v) is 6.41. The average Bonchev–Trinajstić information content (AvgIpc) is 3.18. The molecule has 1 aromatic carbocycles. The van der Waals surface area contributed by atoms with Crippen molar-refractivity contribution < 1.29 is 23.9 Å². The summed E-state index contributed by atoms with van der Waals surface area (Å²) in [6.45, 7) is 0.967. The molecule has 4 rings (SSSR count). The fourth-order valence-corrected chi connectivity index (χ4v) is 4.48. The van der Waals surface area contributed by atoms with Crippen molar-refractivity contribution in [2.45, 2.75) is 56.1 Å². The SMILES string of the molecule is COc1cccc(C2=CC3(CCN(C(=O)OC4(C(N)=O)CCCCC4)CC3)ON2)c1. The van der Waals surface area contributed by atoms with E-state index in [1.54, 1.807) is 12.0 Å². The van der Waals surface area contributed by atoms with E-state index in [1.807, 2.05) is 24.3 Å². The van der Waals surface area contributed by atoms with Crippen LogP contribution < -0.4 is 16.0 Å². The van der Waals surface area contributed by atoms with Gasteiger partial charge in [0.2, 0.25) is 0 Å². The number of ether oxygens (including phenoxy) is 2. The van der Waals surface area contributed by atoms with Gasteiger partial charge < -0.3 is 20.1 Å². The Balaban J connectivity index is 1.39. The van der Waals surface area contributed by atoms with Crippen LogP contribution in [0.2, 0.25) is 0 Å². The number of methoxy groups -OCH3 is 1. The van der Waals surface area contributed by atoms with Crippen molar-refractivity contribution in [3.8, 4) is 5.75 Å². The number of nitrogens with two attached hydrogens (primary N) is 1. The number of amides is 2. The molecule has 0 atom stereocenters. The molecule has 3 N–H and O–H groups in total. The normalized spacial score (nSPS) is 22.2. The number of hydrogen-bond donors (Lipinski definition) is 2. The highest BCUT2D eigenvalue weighted by Gasteiger charge is 2.45. The van der Waals surface area contributed by atoms with E-state index < -0.39 is 23.2 Å². The summed E-state index contributed by atoms with van der Waals surface area (Å²) in [5.74, 6) is 0.234. The summed E-state index contributed by atoms with van der Waals surface area (Å²) in [5, 5.41) is 0. The topological polar surface area (TPSA) is 103 Å². The smallest absolute Gasteiger partial charge is 0.410 e. The van der Waals surface area contributed by atoms with Crippen molar-refractivity contribution in [3.05, 3.63) is 35.9 Å². The number of nitrogens with zero attached hydrogens (tertiary/aromatic N) is 1. The van der Waals surface area contributed by atoms with Crippen LogP contribution in [0.15, 0.2) is 30.3 Å². The second kappa shape index (κ2) is 8.18. The highest BCUT2D eigenvalue weighted by molar-refractivity contribution is 5.86. The van der Waals surface area contributed by atoms with Gasteiger partial charge in [-0.25, -0.2) is 4.79 Å². The standard InChI is InChI=1S/C22H29N3O5/c1-28-17-7-5-6-16(14-17)18-15-21(30-24-18)10-12-25(13-11-21)20(27)29-22(19(23)26)8-3-2-4-9-22/h5-7,14-15,24H,2-4,8-13H2,1H3,(H2,23,26). The summed E-state index contributed by atoms with van der Waals surface area (Å²) in [5.41, 5.74) is 8.85. The summed E-state index contributed by atoms with van der Waals surface area (Å²) in [7, 11) is 1.64. The Morgan fingerprint density at radius 1 is 1.13 bits per heavy atom. The summed E-state index contributed by atoms with van der Waals surface area (Å²) < 4.78 is 11.0. The molecule has 162 valence electrons. The van der Waals surface area contributed by atoms with Crippen LogP contribution in [0, 0.1) is 0 Å². The van der Waals surface area contributed by atoms with Crippen molar-refractivity contribution in [1.29, 1.82) is 0 Å². The van der Waals surface area contributed by atoms with Gasteiger partial charge in [-0.05, 0) is 43.9 Å². The van der Waals surface area contributed by atoms with E-state index in [0.29, 0.717) is 38.8 Å². The number of rotatable bonds is 4. The second-order valence-electron chi connectivity index (χ2n) is 8.33. The second-order valence-corrected chi connectivity index (χ2v) is 8.33. The van der Waals surface area contributed by atoms with Crippen molar-refractivity contribution in [2.24, 2.45) is 5.73 Å². The number of nitrogens with one attached hydrogen (secondary N) is 1. The number of carbonyl (C=O) groups excluding carboxylic acids is 2. The van der Waals surface area contributed by atoms with Crippen LogP contribution in [-0.2, 0) is 14.4 Å². The lowest BCUT2D eigenvalue weighted by atomic mass is 9.84. The Morgan fingerprint density at radius 3 is 2.53 bits per heavy atom. The molecule has 0 unspecified atom stereocenters. The highest BCUT2D eigenvalue weighted by Crippen LogP contribution is 2.37. The molecule has 1 spiro atoms. The molecule has 1 saturated carbocycles. The van der Waals surface area contributed by atoms with Crippen LogP contribution in [0.1, 0.15) is 50.5 Å². The summed E-state index contributed by atoms with van der Waals surface area (Å²) in [6.07, 6.45) is 6.61. The van der Waals surface area contributed by atoms with Gasteiger partial charge in [0.05, 0.1) is 12.8 Å². The van der Waals surface area contributed by atoms with Gasteiger partial charge in [0.1, 0.15) is 11.4 Å². The van der Waals surface area contributed by atoms with Crippen LogP contribution in [0.5, 0.6) is 5.75 Å². The van der Waals surface area contributed by atoms with Gasteiger partial charge in [0.25, 0.3) is 5.91 Å². The minimum absolute atomic E-state index is 0.464. The van der Waals surface area contributed by atoms with Crippen molar-refractivity contribution in [2.75, 3.05) is 20.2 Å². The maximum atomic E-state index is 12.7. The zero-order valence-electron chi connectivity index (χ0n) is 17.3. The molecule has 2 fully saturated rings. The fraction of sp³-hybridized carbons (Fsp3) is 0.545. The van der Waals surface area contributed by atoms with Crippen LogP contribution in [0.4, 0.5) is 4.79 Å². The first kappa shape index (κ1) is 20.5. The number of hydrogen-bond acceptors (Lipinski definition) is 6. The molecule has 8 nitrogen and oxygen atoms in total. The minimum atomic E-state index is -1.16. The van der Waals surface area contributed by atoms with E-state index in [0.717, 1.165) is 36.3 Å². The molecule has 2 heterocycles. The zero-order valence-corrected chi connectivity index (χ0v) is 17.3. The van der Waals surface area contributed by atoms with Gasteiger partial charge in [-0.2, -0.15) is 0 Å². The Bertz CT molecular complexity index is 839. The fourth-order valence-electron chi connectivity index (χ4n) is 4.48. The van der Waals surface area contributed by atoms with Crippen LogP contribution in [0.25, 0.3) is 5.70 Å². The lowest BCUT2D eigenvalue weighted by Crippen LogP contribution is -2.53. The predicted octanol–water partition coefficient (Wildman–Crippen LogP) is 2.73. The first-order valence-corrected chi connectivity index (χ1v) is 10.5. The van der Waals surface area contributed by atoms with Crippen molar-refractivity contribution >= 4 is 17.7 Å². The minimum Gasteiger partial charge on any atom is -0.497 e. The molecule has 0 aromatic heterocycles. The number of hydroxylamine groups is 1. The lowest BCUT2D eigenvalue weighted by Gasteiger charge is -2.39. The molecule has 0 bridgehead atoms. The molecular weight excluding hydrogens is 386 g/mol. The number of piperidine rings is 1. The van der Waals surface area contributed by atoms with E-state index in [4.69, 9.17) is 20.0 Å². The Hall–Kier alpha value is -2.74. The number of carbonyl (C=O) groups is 2. The van der Waals surface area contributed by atoms with Gasteiger partial charge in [0.15, 0.2) is 5.60 Å². The Labute approximate surface area is 176 Å². The maximum Gasteiger partial charge on any atom is 0.410 e. The third-order valence-electron chi connectivity index (χ3n) is 6.41. The molecule has 1 aliphatic carbocycles. The van der Waals surface area contributed by atoms with Gasteiger partial charge in [0, 0.05) is 31.5 Å². The van der Waals surface area contributed by atoms with E-state index >= 15 is 0 Å². The predicted molar refractivity (Wildman–Crippen MR) is 110 cm³/mol. The average molecular weight is 415 g/mol. The lowest BCUT2D eigenvalue weighted by molar-refractivity contribution is -0.142. The number of likely N-dealkylation sites (tertiary alicyclic amines) is 1. The first-order chi connectivity index (χ1) is 14.5. The van der Waals surface area contributed by atoms with Crippen molar-refractivity contribution in [1.82, 2.24) is 10.4 Å². The van der Waals surface area contributed by atoms with Crippen LogP contribution in [-0.4, -0.2) is 48.3 Å². The Morgan fingerprint density at radius 2 is 1.87 bits per heavy atom. The van der Waals surface area contributed by atoms with E-state index in [-0.39, 0.29) is 0 Å². The van der Waals surface area contributed by atoms with Crippen LogP contribution in [0.3, 0.4) is 0 Å². The van der Waals surface area contributed by atoms with Gasteiger partial charge >= 0.3 is 6.09 Å². The van der Waals surface area contributed by atoms with E-state index in [1.165, 1.54) is 0 Å². The van der Waals surface area contributed by atoms with E-state index in [2.05, 4.69) is 11.6 Å². The number of benzene rings is 1. The molecule has 2 amide bonds. The quantitative estimate of drug-likeness (QED) is 0.784. The molecule has 8 heteroatoms. The number of primary amides is 1. The maximum absolute atomic E-state index is 12.7. The molecule has 3 aliphatic rings. The highest BCUT2D eigenvalue weighted by atomic mass is 16.7. The largest absolute Gasteiger partial charge is 0.497 e. The molecule has 1 saturated heterocycles. The molecule has 1 aromatic rings. The van der Waals surface area contributed by atoms with Gasteiger partial charge in [-0.3, -0.25) is 15.1 Å². The van der Waals surface area contributed by atoms with Gasteiger partial charge in [-0.15, -0.1) is 0 Å². The monoisotopic (exact) mass is 415 g/mol. The molecular formula is C22H29N3O5. The van der Waals surface area contributed by atoms with Gasteiger partial charge in [-0.1, -0.05) is 18.6 Å². The zero-order chi connectivity index (χ0) is 21.2. The summed E-state index contributed by atoms with van der Waals surface area (Å²) >= 11 is 0. The summed E-state index contributed by atoms with van der Waals surface area (Å²) in [6, 6.07) is 7.76.